The average Bonchev–Trinajstić information content (AvgIpc) is 2.66. The van der Waals surface area contributed by atoms with Gasteiger partial charge < -0.3 is 10.6 Å². The summed E-state index contributed by atoms with van der Waals surface area (Å²) in [6.07, 6.45) is 1.54. The van der Waals surface area contributed by atoms with Gasteiger partial charge in [-0.25, -0.2) is 4.98 Å². The summed E-state index contributed by atoms with van der Waals surface area (Å²) >= 11 is 1.24. The Morgan fingerprint density at radius 2 is 2.38 bits per heavy atom. The van der Waals surface area contributed by atoms with Crippen LogP contribution in [0.3, 0.4) is 0 Å². The average molecular weight is 199 g/mol. The van der Waals surface area contributed by atoms with E-state index in [1.807, 2.05) is 0 Å². The molecule has 0 saturated carbocycles. The Bertz CT molecular complexity index is 297. The standard InChI is InChI=1S/C7H9N3O2S/c1-8-5(11)4-10-6(12)7-9-2-3-13-7/h2-3H,4H2,1H3,(H,8,11)(H,10,12). The highest BCUT2D eigenvalue weighted by atomic mass is 32.1. The highest BCUT2D eigenvalue weighted by Crippen LogP contribution is 2.02. The van der Waals surface area contributed by atoms with Gasteiger partial charge >= 0.3 is 0 Å². The maximum absolute atomic E-state index is 11.2. The van der Waals surface area contributed by atoms with Gasteiger partial charge in [0.15, 0.2) is 5.01 Å². The zero-order valence-corrected chi connectivity index (χ0v) is 7.85. The highest BCUT2D eigenvalue weighted by Gasteiger charge is 2.08. The van der Waals surface area contributed by atoms with E-state index < -0.39 is 0 Å². The van der Waals surface area contributed by atoms with Gasteiger partial charge in [-0.1, -0.05) is 0 Å². The van der Waals surface area contributed by atoms with E-state index in [0.717, 1.165) is 0 Å². The van der Waals surface area contributed by atoms with Crippen molar-refractivity contribution < 1.29 is 9.59 Å². The maximum Gasteiger partial charge on any atom is 0.280 e. The number of nitrogens with zero attached hydrogens (tertiary/aromatic N) is 1. The van der Waals surface area contributed by atoms with Gasteiger partial charge in [-0.15, -0.1) is 11.3 Å². The quantitative estimate of drug-likeness (QED) is 0.697. The van der Waals surface area contributed by atoms with E-state index in [1.54, 1.807) is 11.6 Å². The second kappa shape index (κ2) is 4.56. The van der Waals surface area contributed by atoms with E-state index in [9.17, 15) is 9.59 Å². The van der Waals surface area contributed by atoms with Crippen molar-refractivity contribution in [2.24, 2.45) is 0 Å². The largest absolute Gasteiger partial charge is 0.358 e. The molecule has 13 heavy (non-hydrogen) atoms. The van der Waals surface area contributed by atoms with Gasteiger partial charge in [0.1, 0.15) is 0 Å². The van der Waals surface area contributed by atoms with Gasteiger partial charge in [-0.05, 0) is 0 Å². The molecule has 0 unspecified atom stereocenters. The Hall–Kier alpha value is -1.43. The van der Waals surface area contributed by atoms with Crippen LogP contribution in [0.25, 0.3) is 0 Å². The van der Waals surface area contributed by atoms with E-state index in [1.165, 1.54) is 18.4 Å². The molecule has 0 spiro atoms. The zero-order valence-electron chi connectivity index (χ0n) is 7.03. The fourth-order valence-corrected chi connectivity index (χ4v) is 1.21. The molecule has 1 heterocycles. The molecule has 0 fully saturated rings. The summed E-state index contributed by atoms with van der Waals surface area (Å²) in [6, 6.07) is 0. The third kappa shape index (κ3) is 2.83. The molecule has 0 bridgehead atoms. The van der Waals surface area contributed by atoms with Gasteiger partial charge in [0.05, 0.1) is 6.54 Å². The van der Waals surface area contributed by atoms with Crippen LogP contribution >= 0.6 is 11.3 Å². The molecular formula is C7H9N3O2S. The number of carbonyl (C=O) groups is 2. The Balaban J connectivity index is 2.39. The molecule has 0 aliphatic carbocycles. The number of carbonyl (C=O) groups excluding carboxylic acids is 2. The second-order valence-electron chi connectivity index (χ2n) is 2.19. The third-order valence-corrected chi connectivity index (χ3v) is 2.09. The molecule has 5 nitrogen and oxygen atoms in total. The van der Waals surface area contributed by atoms with Crippen molar-refractivity contribution in [2.45, 2.75) is 0 Å². The highest BCUT2D eigenvalue weighted by molar-refractivity contribution is 7.11. The van der Waals surface area contributed by atoms with Gasteiger partial charge in [0.2, 0.25) is 5.91 Å². The molecule has 1 rings (SSSR count). The summed E-state index contributed by atoms with van der Waals surface area (Å²) in [5, 5.41) is 6.90. The van der Waals surface area contributed by atoms with Crippen LogP contribution in [0.4, 0.5) is 0 Å². The first-order valence-corrected chi connectivity index (χ1v) is 4.50. The number of hydrogen-bond acceptors (Lipinski definition) is 4. The smallest absolute Gasteiger partial charge is 0.280 e. The monoisotopic (exact) mass is 199 g/mol. The number of thiazole rings is 1. The number of nitrogens with one attached hydrogen (secondary N) is 2. The normalized spacial score (nSPS) is 9.31. The van der Waals surface area contributed by atoms with Crippen molar-refractivity contribution in [3.63, 3.8) is 0 Å². The molecule has 2 amide bonds. The van der Waals surface area contributed by atoms with Crippen LogP contribution < -0.4 is 10.6 Å². The first-order valence-electron chi connectivity index (χ1n) is 3.62. The molecule has 0 aliphatic heterocycles. The van der Waals surface area contributed by atoms with Gasteiger partial charge in [-0.3, -0.25) is 9.59 Å². The SMILES string of the molecule is CNC(=O)CNC(=O)c1nccs1. The van der Waals surface area contributed by atoms with Crippen molar-refractivity contribution in [1.29, 1.82) is 0 Å². The van der Waals surface area contributed by atoms with Crippen LogP contribution in [0.15, 0.2) is 11.6 Å². The summed E-state index contributed by atoms with van der Waals surface area (Å²) in [5.74, 6) is -0.552. The van der Waals surface area contributed by atoms with E-state index in [4.69, 9.17) is 0 Å². The van der Waals surface area contributed by atoms with Crippen molar-refractivity contribution in [2.75, 3.05) is 13.6 Å². The minimum atomic E-state index is -0.321. The Kier molecular flexibility index (Phi) is 3.39. The Morgan fingerprint density at radius 3 is 2.92 bits per heavy atom. The van der Waals surface area contributed by atoms with Gasteiger partial charge in [0.25, 0.3) is 5.91 Å². The Labute approximate surface area is 79.2 Å². The predicted octanol–water partition coefficient (Wildman–Crippen LogP) is -0.381. The van der Waals surface area contributed by atoms with Crippen molar-refractivity contribution in [3.05, 3.63) is 16.6 Å². The molecule has 6 heteroatoms. The summed E-state index contributed by atoms with van der Waals surface area (Å²) in [7, 11) is 1.51. The summed E-state index contributed by atoms with van der Waals surface area (Å²) in [5.41, 5.74) is 0. The van der Waals surface area contributed by atoms with Crippen LogP contribution in [0.1, 0.15) is 9.80 Å². The molecule has 70 valence electrons. The first-order chi connectivity index (χ1) is 6.24. The van der Waals surface area contributed by atoms with Crippen LogP contribution in [0.2, 0.25) is 0 Å². The molecule has 0 aromatic carbocycles. The lowest BCUT2D eigenvalue weighted by Gasteiger charge is -2.00. The van der Waals surface area contributed by atoms with Crippen LogP contribution in [0, 0.1) is 0 Å². The van der Waals surface area contributed by atoms with E-state index in [-0.39, 0.29) is 18.4 Å². The Morgan fingerprint density at radius 1 is 1.62 bits per heavy atom. The minimum Gasteiger partial charge on any atom is -0.358 e. The molecule has 1 aromatic heterocycles. The van der Waals surface area contributed by atoms with Gasteiger partial charge in [-0.2, -0.15) is 0 Å². The number of likely N-dealkylation sites (N-methyl/N-ethyl adjacent to an activating group) is 1. The number of rotatable bonds is 3. The summed E-state index contributed by atoms with van der Waals surface area (Å²) in [6.45, 7) is -0.0189. The fourth-order valence-electron chi connectivity index (χ4n) is 0.660. The van der Waals surface area contributed by atoms with Crippen molar-refractivity contribution in [3.8, 4) is 0 Å². The topological polar surface area (TPSA) is 71.1 Å². The number of aromatic nitrogens is 1. The second-order valence-corrected chi connectivity index (χ2v) is 3.09. The lowest BCUT2D eigenvalue weighted by atomic mass is 10.5. The van der Waals surface area contributed by atoms with E-state index in [2.05, 4.69) is 15.6 Å². The van der Waals surface area contributed by atoms with Crippen LogP contribution in [-0.4, -0.2) is 30.4 Å². The fraction of sp³-hybridized carbons (Fsp3) is 0.286. The lowest BCUT2D eigenvalue weighted by molar-refractivity contribution is -0.119. The van der Waals surface area contributed by atoms with Crippen molar-refractivity contribution >= 4 is 23.2 Å². The van der Waals surface area contributed by atoms with E-state index in [0.29, 0.717) is 5.01 Å². The summed E-state index contributed by atoms with van der Waals surface area (Å²) in [4.78, 5) is 25.7. The molecule has 0 aliphatic rings. The lowest BCUT2D eigenvalue weighted by Crippen LogP contribution is -2.35. The van der Waals surface area contributed by atoms with Gasteiger partial charge in [0, 0.05) is 18.6 Å². The maximum atomic E-state index is 11.2. The van der Waals surface area contributed by atoms with Crippen LogP contribution in [-0.2, 0) is 4.79 Å². The molecular weight excluding hydrogens is 190 g/mol. The molecule has 0 radical (unpaired) electrons. The molecule has 2 N–H and O–H groups in total. The molecule has 1 aromatic rings. The third-order valence-electron chi connectivity index (χ3n) is 1.31. The van der Waals surface area contributed by atoms with Crippen molar-refractivity contribution in [1.82, 2.24) is 15.6 Å². The van der Waals surface area contributed by atoms with E-state index >= 15 is 0 Å². The van der Waals surface area contributed by atoms with Crippen LogP contribution in [0.5, 0.6) is 0 Å². The molecule has 0 saturated heterocycles. The molecule has 0 atom stereocenters. The minimum absolute atomic E-state index is 0.0189. The number of hydrogen-bond donors (Lipinski definition) is 2. The number of amides is 2. The first kappa shape index (κ1) is 9.66. The summed E-state index contributed by atoms with van der Waals surface area (Å²) < 4.78 is 0. The zero-order chi connectivity index (χ0) is 9.68. The predicted molar refractivity (Wildman–Crippen MR) is 48.5 cm³/mol.